The Balaban J connectivity index is 1.21. The molecule has 0 saturated heterocycles. The highest BCUT2D eigenvalue weighted by atomic mass is 16.5. The second-order valence-electron chi connectivity index (χ2n) is 9.73. The van der Waals surface area contributed by atoms with Crippen LogP contribution in [0.4, 0.5) is 11.5 Å². The first kappa shape index (κ1) is 21.7. The molecular weight excluding hydrogens is 430 g/mol. The van der Waals surface area contributed by atoms with Crippen LogP contribution in [0, 0.1) is 24.7 Å². The van der Waals surface area contributed by atoms with Crippen molar-refractivity contribution >= 4 is 11.5 Å². The van der Waals surface area contributed by atoms with E-state index in [1.54, 1.807) is 0 Å². The van der Waals surface area contributed by atoms with Gasteiger partial charge in [-0.05, 0) is 73.3 Å². The first-order chi connectivity index (χ1) is 17.2. The number of rotatable bonds is 5. The van der Waals surface area contributed by atoms with Gasteiger partial charge in [0.1, 0.15) is 22.9 Å². The second-order valence-corrected chi connectivity index (χ2v) is 9.73. The fourth-order valence-corrected chi connectivity index (χ4v) is 4.84. The highest BCUT2D eigenvalue weighted by Crippen LogP contribution is 2.40. The Hall–Kier alpha value is -3.84. The van der Waals surface area contributed by atoms with Gasteiger partial charge in [0.15, 0.2) is 5.76 Å². The lowest BCUT2D eigenvalue weighted by atomic mass is 10.0. The Bertz CT molecular complexity index is 1380. The van der Waals surface area contributed by atoms with Crippen molar-refractivity contribution in [3.63, 3.8) is 0 Å². The number of hydrogen-bond donors (Lipinski definition) is 1. The number of nitrogens with zero attached hydrogens (tertiary/aromatic N) is 2. The van der Waals surface area contributed by atoms with Crippen molar-refractivity contribution in [1.82, 2.24) is 10.1 Å². The summed E-state index contributed by atoms with van der Waals surface area (Å²) in [4.78, 5) is 4.71. The van der Waals surface area contributed by atoms with E-state index in [2.05, 4.69) is 70.8 Å². The Morgan fingerprint density at radius 1 is 0.829 bits per heavy atom. The summed E-state index contributed by atoms with van der Waals surface area (Å²) < 4.78 is 5.73. The van der Waals surface area contributed by atoms with E-state index < -0.39 is 0 Å². The van der Waals surface area contributed by atoms with Gasteiger partial charge in [0, 0.05) is 11.5 Å². The van der Waals surface area contributed by atoms with E-state index in [-0.39, 0.29) is 0 Å². The van der Waals surface area contributed by atoms with E-state index in [0.717, 1.165) is 34.4 Å². The van der Waals surface area contributed by atoms with Gasteiger partial charge < -0.3 is 9.84 Å². The number of aryl methyl sites for hydroxylation is 1. The Morgan fingerprint density at radius 3 is 2.23 bits per heavy atom. The molecule has 0 spiro atoms. The van der Waals surface area contributed by atoms with E-state index in [4.69, 9.17) is 9.51 Å². The highest BCUT2D eigenvalue weighted by molar-refractivity contribution is 5.79. The molecule has 0 atom stereocenters. The fraction of sp³-hybridized carbons (Fsp3) is 0.290. The zero-order chi connectivity index (χ0) is 23.6. The van der Waals surface area contributed by atoms with Gasteiger partial charge in [0.2, 0.25) is 0 Å². The molecule has 2 heterocycles. The number of nitrogens with one attached hydrogen (secondary N) is 1. The average molecular weight is 460 g/mol. The number of pyridine rings is 1. The zero-order valence-corrected chi connectivity index (χ0v) is 20.1. The van der Waals surface area contributed by atoms with Gasteiger partial charge in [-0.25, -0.2) is 4.98 Å². The van der Waals surface area contributed by atoms with Crippen LogP contribution in [0.1, 0.15) is 61.4 Å². The Kier molecular flexibility index (Phi) is 5.84. The van der Waals surface area contributed by atoms with Gasteiger partial charge in [-0.3, -0.25) is 0 Å². The second kappa shape index (κ2) is 9.43. The van der Waals surface area contributed by atoms with Crippen molar-refractivity contribution < 1.29 is 4.52 Å². The fourth-order valence-electron chi connectivity index (χ4n) is 4.84. The van der Waals surface area contributed by atoms with Gasteiger partial charge in [-0.2, -0.15) is 0 Å². The number of benzene rings is 2. The molecule has 4 heteroatoms. The quantitative estimate of drug-likeness (QED) is 0.308. The summed E-state index contributed by atoms with van der Waals surface area (Å²) in [5, 5.41) is 7.64. The number of aromatic nitrogens is 2. The van der Waals surface area contributed by atoms with Crippen LogP contribution in [-0.4, -0.2) is 10.1 Å². The number of anilines is 2. The molecule has 0 unspecified atom stereocenters. The molecule has 2 aromatic carbocycles. The number of hydrogen-bond acceptors (Lipinski definition) is 4. The van der Waals surface area contributed by atoms with Gasteiger partial charge in [-0.15, -0.1) is 0 Å². The minimum absolute atomic E-state index is 0.513. The molecule has 4 aromatic rings. The topological polar surface area (TPSA) is 51.0 Å². The standard InChI is InChI=1S/C31H29N3O/c1-21-30(33-29-8-4-7-28(32-29)20-9-22-5-2-3-6-22)31(35-34-21)27-18-16-26(17-19-27)25-14-12-24(13-15-25)23-10-11-23/h4,7-8,12-19,22-23H,2-3,5-6,10-11H2,1H3,(H,32,33). The lowest BCUT2D eigenvalue weighted by Crippen LogP contribution is -1.97. The van der Waals surface area contributed by atoms with Gasteiger partial charge in [0.05, 0.1) is 0 Å². The molecule has 174 valence electrons. The van der Waals surface area contributed by atoms with E-state index >= 15 is 0 Å². The van der Waals surface area contributed by atoms with E-state index in [9.17, 15) is 0 Å². The van der Waals surface area contributed by atoms with Gasteiger partial charge >= 0.3 is 0 Å². The van der Waals surface area contributed by atoms with Crippen molar-refractivity contribution in [2.75, 3.05) is 5.32 Å². The van der Waals surface area contributed by atoms with Crippen LogP contribution >= 0.6 is 0 Å². The first-order valence-corrected chi connectivity index (χ1v) is 12.7. The Morgan fingerprint density at radius 2 is 1.51 bits per heavy atom. The molecule has 1 N–H and O–H groups in total. The summed E-state index contributed by atoms with van der Waals surface area (Å²) >= 11 is 0. The van der Waals surface area contributed by atoms with E-state index in [0.29, 0.717) is 11.7 Å². The molecule has 4 nitrogen and oxygen atoms in total. The van der Waals surface area contributed by atoms with Crippen LogP contribution in [0.2, 0.25) is 0 Å². The molecule has 6 rings (SSSR count). The molecule has 2 fully saturated rings. The normalized spacial score (nSPS) is 15.6. The van der Waals surface area contributed by atoms with E-state index in [1.807, 2.05) is 25.1 Å². The molecule has 0 radical (unpaired) electrons. The summed E-state index contributed by atoms with van der Waals surface area (Å²) in [6, 6.07) is 23.3. The van der Waals surface area contributed by atoms with Crippen molar-refractivity contribution in [1.29, 1.82) is 0 Å². The van der Waals surface area contributed by atoms with Gasteiger partial charge in [-0.1, -0.05) is 78.5 Å². The lowest BCUT2D eigenvalue weighted by Gasteiger charge is -2.08. The third-order valence-electron chi connectivity index (χ3n) is 7.06. The molecule has 0 bridgehead atoms. The Labute approximate surface area is 206 Å². The van der Waals surface area contributed by atoms with Crippen LogP contribution in [0.3, 0.4) is 0 Å². The highest BCUT2D eigenvalue weighted by Gasteiger charge is 2.23. The largest absolute Gasteiger partial charge is 0.354 e. The predicted octanol–water partition coefficient (Wildman–Crippen LogP) is 7.87. The van der Waals surface area contributed by atoms with Crippen molar-refractivity contribution in [3.05, 3.63) is 83.7 Å². The summed E-state index contributed by atoms with van der Waals surface area (Å²) in [6.07, 6.45) is 7.65. The maximum absolute atomic E-state index is 5.73. The maximum atomic E-state index is 5.73. The minimum atomic E-state index is 0.513. The SMILES string of the molecule is Cc1noc(-c2ccc(-c3ccc(C4CC4)cc3)cc2)c1Nc1cccc(C#CC2CCCC2)n1. The molecule has 2 saturated carbocycles. The maximum Gasteiger partial charge on any atom is 0.190 e. The van der Waals surface area contributed by atoms with E-state index in [1.165, 1.54) is 55.2 Å². The minimum Gasteiger partial charge on any atom is -0.354 e. The summed E-state index contributed by atoms with van der Waals surface area (Å²) in [6.45, 7) is 1.94. The molecule has 35 heavy (non-hydrogen) atoms. The molecule has 0 amide bonds. The smallest absolute Gasteiger partial charge is 0.190 e. The van der Waals surface area contributed by atoms with Crippen LogP contribution in [0.25, 0.3) is 22.5 Å². The average Bonchev–Trinajstić information content (AvgIpc) is 3.50. The van der Waals surface area contributed by atoms with Crippen LogP contribution in [0.5, 0.6) is 0 Å². The third kappa shape index (κ3) is 4.86. The van der Waals surface area contributed by atoms with Crippen LogP contribution in [-0.2, 0) is 0 Å². The first-order valence-electron chi connectivity index (χ1n) is 12.7. The summed E-state index contributed by atoms with van der Waals surface area (Å²) in [5.41, 5.74) is 7.27. The monoisotopic (exact) mass is 459 g/mol. The van der Waals surface area contributed by atoms with Crippen molar-refractivity contribution in [2.24, 2.45) is 5.92 Å². The molecule has 2 aliphatic carbocycles. The molecular formula is C31H29N3O. The van der Waals surface area contributed by atoms with Crippen molar-refractivity contribution in [2.45, 2.75) is 51.4 Å². The third-order valence-corrected chi connectivity index (χ3v) is 7.06. The zero-order valence-electron chi connectivity index (χ0n) is 20.1. The summed E-state index contributed by atoms with van der Waals surface area (Å²) in [5.74, 6) is 9.40. The van der Waals surface area contributed by atoms with Gasteiger partial charge in [0.25, 0.3) is 0 Å². The van der Waals surface area contributed by atoms with Crippen molar-refractivity contribution in [3.8, 4) is 34.3 Å². The van der Waals surface area contributed by atoms with Crippen LogP contribution < -0.4 is 5.32 Å². The molecule has 2 aromatic heterocycles. The summed E-state index contributed by atoms with van der Waals surface area (Å²) in [7, 11) is 0. The molecule has 2 aliphatic rings. The predicted molar refractivity (Wildman–Crippen MR) is 140 cm³/mol. The van der Waals surface area contributed by atoms with Crippen LogP contribution in [0.15, 0.2) is 71.3 Å². The lowest BCUT2D eigenvalue weighted by molar-refractivity contribution is 0.427. The molecule has 0 aliphatic heterocycles.